The van der Waals surface area contributed by atoms with Gasteiger partial charge in [0.2, 0.25) is 5.75 Å². The summed E-state index contributed by atoms with van der Waals surface area (Å²) in [6.07, 6.45) is 0. The number of carbonyl (C=O) groups excluding carboxylic acids is 2. The van der Waals surface area contributed by atoms with Gasteiger partial charge in [0.25, 0.3) is 5.78 Å². The smallest absolute Gasteiger partial charge is 0.301 e. The Kier molecular flexibility index (Phi) is 6.96. The Morgan fingerprint density at radius 3 is 2.00 bits per heavy atom. The normalized spacial score (nSPS) is 16.6. The Bertz CT molecular complexity index is 1370. The minimum atomic E-state index is -1.11. The monoisotopic (exact) mass is 510 g/mol. The average Bonchev–Trinajstić information content (AvgIpc) is 3.46. The number of Topliss-reactive ketones (excluding diaryl/α,β-unsaturated/α-hetero) is 1. The van der Waals surface area contributed by atoms with Gasteiger partial charge in [-0.05, 0) is 42.8 Å². The molecule has 1 atom stereocenters. The molecule has 1 amide bonds. The summed E-state index contributed by atoms with van der Waals surface area (Å²) in [5.41, 5.74) is 0.466. The number of aryl methyl sites for hydroxylation is 1. The number of carbonyl (C=O) groups is 2. The molecule has 11 heteroatoms. The van der Waals surface area contributed by atoms with E-state index in [1.165, 1.54) is 47.7 Å². The standard InChI is InChI=1S/C26H26N2O9/c1-13-9-20(27-37-13)28-22(15-11-18(34-4)25(36-6)19(12-15)35-5)21(24(30)26(28)31)23(29)14-7-8-16(32-2)17(10-14)33-3/h7-12,22,29H,1-6H3/b23-21+/t22-/m1/s1. The zero-order chi connectivity index (χ0) is 26.9. The van der Waals surface area contributed by atoms with Crippen molar-refractivity contribution in [1.82, 2.24) is 5.16 Å². The summed E-state index contributed by atoms with van der Waals surface area (Å²) in [7, 11) is 7.28. The van der Waals surface area contributed by atoms with Gasteiger partial charge in [0.15, 0.2) is 28.8 Å². The molecule has 2 heterocycles. The molecular weight excluding hydrogens is 484 g/mol. The third-order valence-electron chi connectivity index (χ3n) is 5.97. The van der Waals surface area contributed by atoms with Gasteiger partial charge in [0.05, 0.1) is 47.2 Å². The van der Waals surface area contributed by atoms with Crippen LogP contribution < -0.4 is 28.6 Å². The van der Waals surface area contributed by atoms with Crippen molar-refractivity contribution < 1.29 is 42.9 Å². The van der Waals surface area contributed by atoms with E-state index >= 15 is 0 Å². The van der Waals surface area contributed by atoms with E-state index in [0.29, 0.717) is 40.1 Å². The van der Waals surface area contributed by atoms with Crippen LogP contribution in [0.1, 0.15) is 22.9 Å². The summed E-state index contributed by atoms with van der Waals surface area (Å²) < 4.78 is 32.1. The van der Waals surface area contributed by atoms with Crippen molar-refractivity contribution in [2.45, 2.75) is 13.0 Å². The predicted octanol–water partition coefficient (Wildman–Crippen LogP) is 3.65. The van der Waals surface area contributed by atoms with Crippen molar-refractivity contribution in [3.63, 3.8) is 0 Å². The highest BCUT2D eigenvalue weighted by atomic mass is 16.5. The highest BCUT2D eigenvalue weighted by Crippen LogP contribution is 2.47. The number of benzene rings is 2. The fraction of sp³-hybridized carbons (Fsp3) is 0.269. The zero-order valence-electron chi connectivity index (χ0n) is 21.1. The van der Waals surface area contributed by atoms with E-state index in [2.05, 4.69) is 5.16 Å². The molecule has 1 aliphatic rings. The molecule has 37 heavy (non-hydrogen) atoms. The van der Waals surface area contributed by atoms with Crippen LogP contribution in [0.25, 0.3) is 5.76 Å². The fourth-order valence-electron chi connectivity index (χ4n) is 4.25. The van der Waals surface area contributed by atoms with Gasteiger partial charge in [-0.1, -0.05) is 5.16 Å². The van der Waals surface area contributed by atoms with E-state index in [1.807, 2.05) is 0 Å². The van der Waals surface area contributed by atoms with Gasteiger partial charge in [-0.25, -0.2) is 0 Å². The second-order valence-corrected chi connectivity index (χ2v) is 7.99. The Morgan fingerprint density at radius 2 is 1.49 bits per heavy atom. The number of rotatable bonds is 8. The van der Waals surface area contributed by atoms with Crippen LogP contribution in [0, 0.1) is 6.92 Å². The molecule has 0 aliphatic carbocycles. The van der Waals surface area contributed by atoms with Crippen molar-refractivity contribution in [3.8, 4) is 28.7 Å². The highest BCUT2D eigenvalue weighted by molar-refractivity contribution is 6.51. The van der Waals surface area contributed by atoms with Gasteiger partial charge < -0.3 is 33.3 Å². The lowest BCUT2D eigenvalue weighted by Crippen LogP contribution is -2.29. The molecule has 0 saturated carbocycles. The van der Waals surface area contributed by atoms with Crippen LogP contribution in [0.5, 0.6) is 28.7 Å². The zero-order valence-corrected chi connectivity index (χ0v) is 21.1. The van der Waals surface area contributed by atoms with Crippen LogP contribution >= 0.6 is 0 Å². The second-order valence-electron chi connectivity index (χ2n) is 7.99. The van der Waals surface area contributed by atoms with E-state index in [9.17, 15) is 14.7 Å². The van der Waals surface area contributed by atoms with E-state index in [-0.39, 0.29) is 17.0 Å². The minimum absolute atomic E-state index is 0.102. The number of nitrogens with zero attached hydrogens (tertiary/aromatic N) is 2. The molecule has 0 bridgehead atoms. The van der Waals surface area contributed by atoms with Crippen LogP contribution in [0.4, 0.5) is 5.82 Å². The van der Waals surface area contributed by atoms with Crippen LogP contribution in [0.15, 0.2) is 46.5 Å². The Morgan fingerprint density at radius 1 is 0.865 bits per heavy atom. The maximum atomic E-state index is 13.4. The molecular formula is C26H26N2O9. The van der Waals surface area contributed by atoms with Gasteiger partial charge in [-0.15, -0.1) is 0 Å². The van der Waals surface area contributed by atoms with Crippen molar-refractivity contribution in [2.24, 2.45) is 0 Å². The SMILES string of the molecule is COc1ccc(/C(O)=C2\C(=O)C(=O)N(c3cc(C)on3)[C@@H]2c2cc(OC)c(OC)c(OC)c2)cc1OC. The lowest BCUT2D eigenvalue weighted by molar-refractivity contribution is -0.132. The molecule has 194 valence electrons. The summed E-state index contributed by atoms with van der Waals surface area (Å²) in [5.74, 6) is -0.0136. The van der Waals surface area contributed by atoms with Gasteiger partial charge in [0.1, 0.15) is 11.5 Å². The van der Waals surface area contributed by atoms with Crippen LogP contribution in [-0.2, 0) is 9.59 Å². The quantitative estimate of drug-likeness (QED) is 0.272. The maximum absolute atomic E-state index is 13.4. The van der Waals surface area contributed by atoms with E-state index < -0.39 is 23.5 Å². The topological polar surface area (TPSA) is 130 Å². The molecule has 1 fully saturated rings. The van der Waals surface area contributed by atoms with Crippen LogP contribution in [0.2, 0.25) is 0 Å². The molecule has 0 spiro atoms. The third-order valence-corrected chi connectivity index (χ3v) is 5.97. The minimum Gasteiger partial charge on any atom is -0.507 e. The predicted molar refractivity (Wildman–Crippen MR) is 132 cm³/mol. The first-order valence-corrected chi connectivity index (χ1v) is 11.1. The first-order valence-electron chi connectivity index (χ1n) is 11.1. The van der Waals surface area contributed by atoms with E-state index in [4.69, 9.17) is 28.2 Å². The van der Waals surface area contributed by atoms with Gasteiger partial charge in [0, 0.05) is 11.6 Å². The molecule has 11 nitrogen and oxygen atoms in total. The largest absolute Gasteiger partial charge is 0.507 e. The van der Waals surface area contributed by atoms with Gasteiger partial charge >= 0.3 is 5.91 Å². The fourth-order valence-corrected chi connectivity index (χ4v) is 4.25. The lowest BCUT2D eigenvalue weighted by atomic mass is 9.94. The molecule has 0 radical (unpaired) electrons. The number of aliphatic hydroxyl groups excluding tert-OH is 1. The average molecular weight is 510 g/mol. The van der Waals surface area contributed by atoms with Crippen molar-refractivity contribution >= 4 is 23.3 Å². The number of anilines is 1. The van der Waals surface area contributed by atoms with Crippen LogP contribution in [0.3, 0.4) is 0 Å². The van der Waals surface area contributed by atoms with Crippen molar-refractivity contribution in [1.29, 1.82) is 0 Å². The molecule has 3 aromatic rings. The molecule has 2 aromatic carbocycles. The molecule has 4 rings (SSSR count). The lowest BCUT2D eigenvalue weighted by Gasteiger charge is -2.24. The number of amides is 1. The number of ketones is 1. The number of hydrogen-bond acceptors (Lipinski definition) is 10. The Hall–Kier alpha value is -4.67. The summed E-state index contributed by atoms with van der Waals surface area (Å²) >= 11 is 0. The molecule has 1 N–H and O–H groups in total. The number of ether oxygens (including phenoxy) is 5. The van der Waals surface area contributed by atoms with Gasteiger partial charge in [-0.3, -0.25) is 14.5 Å². The first-order chi connectivity index (χ1) is 17.8. The summed E-state index contributed by atoms with van der Waals surface area (Å²) in [5, 5.41) is 15.3. The number of aromatic nitrogens is 1. The van der Waals surface area contributed by atoms with Crippen molar-refractivity contribution in [3.05, 3.63) is 58.9 Å². The first kappa shape index (κ1) is 25.4. The molecule has 1 saturated heterocycles. The van der Waals surface area contributed by atoms with Crippen LogP contribution in [-0.4, -0.2) is 57.5 Å². The molecule has 1 aliphatic heterocycles. The molecule has 1 aromatic heterocycles. The third kappa shape index (κ3) is 4.28. The summed E-state index contributed by atoms with van der Waals surface area (Å²) in [4.78, 5) is 27.9. The number of methoxy groups -OCH3 is 5. The van der Waals surface area contributed by atoms with E-state index in [0.717, 1.165) is 4.90 Å². The van der Waals surface area contributed by atoms with E-state index in [1.54, 1.807) is 31.2 Å². The highest BCUT2D eigenvalue weighted by Gasteiger charge is 2.48. The van der Waals surface area contributed by atoms with Gasteiger partial charge in [-0.2, -0.15) is 0 Å². The Labute approximate surface area is 212 Å². The summed E-state index contributed by atoms with van der Waals surface area (Å²) in [6, 6.07) is 8.25. The Balaban J connectivity index is 2.00. The maximum Gasteiger partial charge on any atom is 0.301 e. The molecule has 0 unspecified atom stereocenters. The van der Waals surface area contributed by atoms with Crippen molar-refractivity contribution in [2.75, 3.05) is 40.4 Å². The number of aliphatic hydroxyl groups is 1. The number of hydrogen-bond donors (Lipinski definition) is 1. The summed E-state index contributed by atoms with van der Waals surface area (Å²) in [6.45, 7) is 1.66. The second kappa shape index (κ2) is 10.1.